The van der Waals surface area contributed by atoms with Crippen molar-refractivity contribution in [2.45, 2.75) is 13.8 Å². The smallest absolute Gasteiger partial charge is 0.260 e. The summed E-state index contributed by atoms with van der Waals surface area (Å²) in [6.07, 6.45) is 1.30. The number of nitrogens with zero attached hydrogens (tertiary/aromatic N) is 5. The van der Waals surface area contributed by atoms with Gasteiger partial charge >= 0.3 is 0 Å². The van der Waals surface area contributed by atoms with E-state index in [9.17, 15) is 9.59 Å². The Bertz CT molecular complexity index is 988. The summed E-state index contributed by atoms with van der Waals surface area (Å²) in [6, 6.07) is 13.6. The molecule has 0 saturated carbocycles. The molecule has 0 bridgehead atoms. The van der Waals surface area contributed by atoms with Gasteiger partial charge in [0.1, 0.15) is 17.8 Å². The Balaban J connectivity index is 1.88. The van der Waals surface area contributed by atoms with Crippen LogP contribution in [0.5, 0.6) is 11.5 Å². The normalized spacial score (nSPS) is 10.4. The molecule has 0 spiro atoms. The Kier molecular flexibility index (Phi) is 7.33. The standard InChI is InChI=1S/C23H25N5O4/c1-5-27(20(29)16-7-11-18(31-3)12-8-16)22-24-15-25-23(26-22)28(6-2)21(30)17-9-13-19(32-4)14-10-17/h7-15H,5-6H2,1-4H3. The van der Waals surface area contributed by atoms with Gasteiger partial charge in [-0.15, -0.1) is 0 Å². The van der Waals surface area contributed by atoms with E-state index in [0.29, 0.717) is 35.7 Å². The first-order chi connectivity index (χ1) is 15.5. The molecule has 0 aliphatic rings. The first kappa shape index (κ1) is 22.7. The lowest BCUT2D eigenvalue weighted by atomic mass is 10.2. The van der Waals surface area contributed by atoms with Crippen LogP contribution >= 0.6 is 0 Å². The molecular weight excluding hydrogens is 410 g/mol. The highest BCUT2D eigenvalue weighted by molar-refractivity contribution is 6.06. The van der Waals surface area contributed by atoms with E-state index in [2.05, 4.69) is 15.0 Å². The minimum Gasteiger partial charge on any atom is -0.497 e. The lowest BCUT2D eigenvalue weighted by molar-refractivity contribution is 0.0981. The van der Waals surface area contributed by atoms with E-state index in [0.717, 1.165) is 0 Å². The molecule has 0 aliphatic heterocycles. The fourth-order valence-electron chi connectivity index (χ4n) is 3.07. The van der Waals surface area contributed by atoms with Crippen molar-refractivity contribution in [2.24, 2.45) is 0 Å². The molecule has 0 radical (unpaired) electrons. The van der Waals surface area contributed by atoms with Crippen LogP contribution in [0.3, 0.4) is 0 Å². The van der Waals surface area contributed by atoms with Crippen LogP contribution in [0.4, 0.5) is 11.9 Å². The molecule has 0 atom stereocenters. The van der Waals surface area contributed by atoms with Crippen molar-refractivity contribution in [3.63, 3.8) is 0 Å². The van der Waals surface area contributed by atoms with E-state index in [-0.39, 0.29) is 23.7 Å². The largest absolute Gasteiger partial charge is 0.497 e. The van der Waals surface area contributed by atoms with Crippen LogP contribution in [-0.4, -0.2) is 54.1 Å². The summed E-state index contributed by atoms with van der Waals surface area (Å²) in [5.41, 5.74) is 0.938. The van der Waals surface area contributed by atoms with Gasteiger partial charge in [-0.1, -0.05) is 0 Å². The van der Waals surface area contributed by atoms with Crippen molar-refractivity contribution in [1.82, 2.24) is 15.0 Å². The van der Waals surface area contributed by atoms with E-state index < -0.39 is 0 Å². The number of ether oxygens (including phenoxy) is 2. The highest BCUT2D eigenvalue weighted by Gasteiger charge is 2.23. The summed E-state index contributed by atoms with van der Waals surface area (Å²) >= 11 is 0. The maximum atomic E-state index is 13.0. The third-order valence-corrected chi connectivity index (χ3v) is 4.83. The van der Waals surface area contributed by atoms with Crippen LogP contribution in [0, 0.1) is 0 Å². The molecule has 1 aromatic heterocycles. The number of carbonyl (C=O) groups excluding carboxylic acids is 2. The Morgan fingerprint density at radius 1 is 0.719 bits per heavy atom. The van der Waals surface area contributed by atoms with Gasteiger partial charge in [-0.3, -0.25) is 19.4 Å². The highest BCUT2D eigenvalue weighted by Crippen LogP contribution is 2.19. The molecule has 0 saturated heterocycles. The van der Waals surface area contributed by atoms with Crippen molar-refractivity contribution >= 4 is 23.7 Å². The predicted molar refractivity (Wildman–Crippen MR) is 121 cm³/mol. The fraction of sp³-hybridized carbons (Fsp3) is 0.261. The van der Waals surface area contributed by atoms with Gasteiger partial charge in [0, 0.05) is 24.2 Å². The number of benzene rings is 2. The number of carbonyl (C=O) groups is 2. The second-order valence-electron chi connectivity index (χ2n) is 6.64. The number of rotatable bonds is 8. The van der Waals surface area contributed by atoms with Gasteiger partial charge in [0.2, 0.25) is 11.9 Å². The van der Waals surface area contributed by atoms with Gasteiger partial charge in [0.15, 0.2) is 0 Å². The Labute approximate surface area is 186 Å². The fourth-order valence-corrected chi connectivity index (χ4v) is 3.07. The number of hydrogen-bond donors (Lipinski definition) is 0. The van der Waals surface area contributed by atoms with Gasteiger partial charge in [0.25, 0.3) is 11.8 Å². The molecule has 2 aromatic carbocycles. The van der Waals surface area contributed by atoms with E-state index in [1.807, 2.05) is 13.8 Å². The lowest BCUT2D eigenvalue weighted by Gasteiger charge is -2.22. The van der Waals surface area contributed by atoms with Crippen LogP contribution in [0.15, 0.2) is 54.9 Å². The van der Waals surface area contributed by atoms with Gasteiger partial charge in [0.05, 0.1) is 14.2 Å². The molecule has 0 N–H and O–H groups in total. The summed E-state index contributed by atoms with van der Waals surface area (Å²) in [5.74, 6) is 1.11. The van der Waals surface area contributed by atoms with Crippen LogP contribution < -0.4 is 19.3 Å². The molecule has 166 valence electrons. The van der Waals surface area contributed by atoms with Gasteiger partial charge in [-0.25, -0.2) is 9.97 Å². The van der Waals surface area contributed by atoms with Gasteiger partial charge in [-0.2, -0.15) is 4.98 Å². The SMILES string of the molecule is CCN(C(=O)c1ccc(OC)cc1)c1ncnc(N(CC)C(=O)c2ccc(OC)cc2)n1. The molecule has 32 heavy (non-hydrogen) atoms. The molecule has 2 amide bonds. The summed E-state index contributed by atoms with van der Waals surface area (Å²) in [6.45, 7) is 4.33. The third-order valence-electron chi connectivity index (χ3n) is 4.83. The number of anilines is 2. The molecule has 3 aromatic rings. The van der Waals surface area contributed by atoms with E-state index in [1.165, 1.54) is 16.1 Å². The second kappa shape index (κ2) is 10.3. The first-order valence-electron chi connectivity index (χ1n) is 10.1. The average Bonchev–Trinajstić information content (AvgIpc) is 2.85. The van der Waals surface area contributed by atoms with Crippen molar-refractivity contribution in [3.8, 4) is 11.5 Å². The lowest BCUT2D eigenvalue weighted by Crippen LogP contribution is -2.35. The van der Waals surface area contributed by atoms with Crippen LogP contribution in [0.1, 0.15) is 34.6 Å². The summed E-state index contributed by atoms with van der Waals surface area (Å²) < 4.78 is 10.3. The minimum absolute atomic E-state index is 0.166. The second-order valence-corrected chi connectivity index (χ2v) is 6.64. The highest BCUT2D eigenvalue weighted by atomic mass is 16.5. The summed E-state index contributed by atoms with van der Waals surface area (Å²) in [7, 11) is 3.13. The molecule has 0 aliphatic carbocycles. The first-order valence-corrected chi connectivity index (χ1v) is 10.1. The zero-order valence-corrected chi connectivity index (χ0v) is 18.5. The summed E-state index contributed by atoms with van der Waals surface area (Å²) in [5, 5.41) is 0. The average molecular weight is 435 g/mol. The van der Waals surface area contributed by atoms with Crippen molar-refractivity contribution < 1.29 is 19.1 Å². The maximum Gasteiger partial charge on any atom is 0.260 e. The predicted octanol–water partition coefficient (Wildman–Crippen LogP) is 3.22. The van der Waals surface area contributed by atoms with E-state index in [4.69, 9.17) is 9.47 Å². The Morgan fingerprint density at radius 2 is 1.09 bits per heavy atom. The number of methoxy groups -OCH3 is 2. The minimum atomic E-state index is -0.267. The van der Waals surface area contributed by atoms with Crippen LogP contribution in [0.25, 0.3) is 0 Å². The number of amides is 2. The monoisotopic (exact) mass is 435 g/mol. The molecular formula is C23H25N5O4. The number of hydrogen-bond acceptors (Lipinski definition) is 7. The zero-order valence-electron chi connectivity index (χ0n) is 18.5. The number of aromatic nitrogens is 3. The molecule has 9 heteroatoms. The Hall–Kier alpha value is -4.01. The zero-order chi connectivity index (χ0) is 23.1. The van der Waals surface area contributed by atoms with Crippen molar-refractivity contribution in [3.05, 3.63) is 66.0 Å². The van der Waals surface area contributed by atoms with E-state index in [1.54, 1.807) is 62.8 Å². The maximum absolute atomic E-state index is 13.0. The van der Waals surface area contributed by atoms with Gasteiger partial charge < -0.3 is 9.47 Å². The summed E-state index contributed by atoms with van der Waals surface area (Å²) in [4.78, 5) is 41.7. The quantitative estimate of drug-likeness (QED) is 0.536. The molecule has 0 unspecified atom stereocenters. The van der Waals surface area contributed by atoms with Crippen molar-refractivity contribution in [1.29, 1.82) is 0 Å². The van der Waals surface area contributed by atoms with Gasteiger partial charge in [-0.05, 0) is 62.4 Å². The van der Waals surface area contributed by atoms with E-state index >= 15 is 0 Å². The third kappa shape index (κ3) is 4.83. The molecule has 0 fully saturated rings. The topological polar surface area (TPSA) is 97.8 Å². The molecule has 9 nitrogen and oxygen atoms in total. The van der Waals surface area contributed by atoms with Crippen LogP contribution in [0.2, 0.25) is 0 Å². The van der Waals surface area contributed by atoms with Crippen LogP contribution in [-0.2, 0) is 0 Å². The molecule has 1 heterocycles. The van der Waals surface area contributed by atoms with Crippen molar-refractivity contribution in [2.75, 3.05) is 37.1 Å². The Morgan fingerprint density at radius 3 is 1.41 bits per heavy atom. The molecule has 3 rings (SSSR count).